The van der Waals surface area contributed by atoms with E-state index >= 15 is 0 Å². The Hall–Kier alpha value is -2.27. The van der Waals surface area contributed by atoms with E-state index in [0.717, 1.165) is 11.1 Å². The summed E-state index contributed by atoms with van der Waals surface area (Å²) >= 11 is 0. The predicted molar refractivity (Wildman–Crippen MR) is 76.8 cm³/mol. The predicted octanol–water partition coefficient (Wildman–Crippen LogP) is 1.60. The molecule has 5 nitrogen and oxygen atoms in total. The molecule has 0 saturated heterocycles. The fourth-order valence-corrected chi connectivity index (χ4v) is 2.04. The summed E-state index contributed by atoms with van der Waals surface area (Å²) in [6, 6.07) is 7.90. The van der Waals surface area contributed by atoms with Crippen LogP contribution in [0.5, 0.6) is 0 Å². The highest BCUT2D eigenvalue weighted by Gasteiger charge is 2.15. The molecule has 0 atom stereocenters. The van der Waals surface area contributed by atoms with Gasteiger partial charge in [-0.2, -0.15) is 0 Å². The summed E-state index contributed by atoms with van der Waals surface area (Å²) < 4.78 is 0. The SMILES string of the molecule is CCN(Cc1ccccc1CN)C(=O)c1cncnc1. The van der Waals surface area contributed by atoms with Gasteiger partial charge in [0, 0.05) is 32.0 Å². The van der Waals surface area contributed by atoms with E-state index in [1.165, 1.54) is 18.7 Å². The molecule has 0 aliphatic carbocycles. The van der Waals surface area contributed by atoms with Crippen LogP contribution >= 0.6 is 0 Å². The third-order valence-electron chi connectivity index (χ3n) is 3.18. The first-order valence-electron chi connectivity index (χ1n) is 6.57. The topological polar surface area (TPSA) is 72.1 Å². The van der Waals surface area contributed by atoms with Crippen LogP contribution in [0.15, 0.2) is 43.0 Å². The Morgan fingerprint density at radius 3 is 2.45 bits per heavy atom. The van der Waals surface area contributed by atoms with Gasteiger partial charge in [0.25, 0.3) is 5.91 Å². The molecule has 1 amide bonds. The number of aromatic nitrogens is 2. The Kier molecular flexibility index (Phi) is 4.79. The van der Waals surface area contributed by atoms with Crippen LogP contribution in [0.2, 0.25) is 0 Å². The second kappa shape index (κ2) is 6.77. The van der Waals surface area contributed by atoms with E-state index in [1.54, 1.807) is 4.90 Å². The highest BCUT2D eigenvalue weighted by atomic mass is 16.2. The number of hydrogen-bond donors (Lipinski definition) is 1. The summed E-state index contributed by atoms with van der Waals surface area (Å²) in [7, 11) is 0. The van der Waals surface area contributed by atoms with E-state index in [1.807, 2.05) is 31.2 Å². The molecular weight excluding hydrogens is 252 g/mol. The number of hydrogen-bond acceptors (Lipinski definition) is 4. The lowest BCUT2D eigenvalue weighted by molar-refractivity contribution is 0.0751. The van der Waals surface area contributed by atoms with Gasteiger partial charge >= 0.3 is 0 Å². The Labute approximate surface area is 118 Å². The molecule has 0 unspecified atom stereocenters. The van der Waals surface area contributed by atoms with Crippen molar-refractivity contribution in [2.45, 2.75) is 20.0 Å². The number of nitrogens with two attached hydrogens (primary N) is 1. The van der Waals surface area contributed by atoms with Crippen molar-refractivity contribution in [1.29, 1.82) is 0 Å². The molecule has 2 aromatic rings. The zero-order chi connectivity index (χ0) is 14.4. The molecule has 0 saturated carbocycles. The number of carbonyl (C=O) groups excluding carboxylic acids is 1. The van der Waals surface area contributed by atoms with E-state index in [4.69, 9.17) is 5.73 Å². The van der Waals surface area contributed by atoms with Crippen molar-refractivity contribution < 1.29 is 4.79 Å². The molecule has 0 aliphatic rings. The average Bonchev–Trinajstić information content (AvgIpc) is 2.53. The maximum absolute atomic E-state index is 12.4. The van der Waals surface area contributed by atoms with Crippen LogP contribution in [-0.2, 0) is 13.1 Å². The maximum atomic E-state index is 12.4. The standard InChI is InChI=1S/C15H18N4O/c1-2-19(15(20)14-8-17-11-18-9-14)10-13-6-4-3-5-12(13)7-16/h3-6,8-9,11H,2,7,10,16H2,1H3. The van der Waals surface area contributed by atoms with Crippen molar-refractivity contribution in [2.24, 2.45) is 5.73 Å². The first-order chi connectivity index (χ1) is 9.76. The van der Waals surface area contributed by atoms with Gasteiger partial charge in [0.1, 0.15) is 6.33 Å². The minimum Gasteiger partial charge on any atom is -0.334 e. The number of amides is 1. The third kappa shape index (κ3) is 3.19. The van der Waals surface area contributed by atoms with Crippen LogP contribution in [-0.4, -0.2) is 27.3 Å². The van der Waals surface area contributed by atoms with E-state index < -0.39 is 0 Å². The quantitative estimate of drug-likeness (QED) is 0.895. The minimum absolute atomic E-state index is 0.0695. The van der Waals surface area contributed by atoms with Crippen LogP contribution < -0.4 is 5.73 Å². The fraction of sp³-hybridized carbons (Fsp3) is 0.267. The molecule has 0 fully saturated rings. The van der Waals surface area contributed by atoms with Gasteiger partial charge in [0.15, 0.2) is 0 Å². The van der Waals surface area contributed by atoms with Crippen LogP contribution in [0, 0.1) is 0 Å². The molecule has 0 radical (unpaired) electrons. The zero-order valence-corrected chi connectivity index (χ0v) is 11.5. The molecule has 0 aliphatic heterocycles. The lowest BCUT2D eigenvalue weighted by atomic mass is 10.1. The molecule has 20 heavy (non-hydrogen) atoms. The monoisotopic (exact) mass is 270 g/mol. The normalized spacial score (nSPS) is 10.3. The number of benzene rings is 1. The largest absolute Gasteiger partial charge is 0.334 e. The highest BCUT2D eigenvalue weighted by Crippen LogP contribution is 2.13. The molecule has 104 valence electrons. The van der Waals surface area contributed by atoms with Gasteiger partial charge in [0.05, 0.1) is 5.56 Å². The number of carbonyl (C=O) groups is 1. The Morgan fingerprint density at radius 1 is 1.20 bits per heavy atom. The second-order valence-electron chi connectivity index (χ2n) is 4.42. The summed E-state index contributed by atoms with van der Waals surface area (Å²) in [6.45, 7) is 3.58. The van der Waals surface area contributed by atoms with Crippen LogP contribution in [0.1, 0.15) is 28.4 Å². The lowest BCUT2D eigenvalue weighted by Crippen LogP contribution is -2.31. The summed E-state index contributed by atoms with van der Waals surface area (Å²) in [5, 5.41) is 0. The van der Waals surface area contributed by atoms with Crippen LogP contribution in [0.3, 0.4) is 0 Å². The molecule has 5 heteroatoms. The Morgan fingerprint density at radius 2 is 1.85 bits per heavy atom. The van der Waals surface area contributed by atoms with Gasteiger partial charge in [-0.15, -0.1) is 0 Å². The minimum atomic E-state index is -0.0695. The molecule has 0 spiro atoms. The van der Waals surface area contributed by atoms with E-state index in [9.17, 15) is 4.79 Å². The zero-order valence-electron chi connectivity index (χ0n) is 11.5. The fourth-order valence-electron chi connectivity index (χ4n) is 2.04. The molecule has 1 aromatic carbocycles. The molecule has 1 heterocycles. The molecule has 0 bridgehead atoms. The van der Waals surface area contributed by atoms with Gasteiger partial charge in [-0.05, 0) is 18.1 Å². The maximum Gasteiger partial charge on any atom is 0.257 e. The highest BCUT2D eigenvalue weighted by molar-refractivity contribution is 5.93. The van der Waals surface area contributed by atoms with Crippen LogP contribution in [0.25, 0.3) is 0 Å². The van der Waals surface area contributed by atoms with E-state index in [-0.39, 0.29) is 5.91 Å². The van der Waals surface area contributed by atoms with Gasteiger partial charge in [-0.3, -0.25) is 4.79 Å². The van der Waals surface area contributed by atoms with E-state index in [2.05, 4.69) is 9.97 Å². The lowest BCUT2D eigenvalue weighted by Gasteiger charge is -2.22. The van der Waals surface area contributed by atoms with E-state index in [0.29, 0.717) is 25.2 Å². The second-order valence-corrected chi connectivity index (χ2v) is 4.42. The van der Waals surface area contributed by atoms with Gasteiger partial charge in [0.2, 0.25) is 0 Å². The van der Waals surface area contributed by atoms with Crippen molar-refractivity contribution >= 4 is 5.91 Å². The van der Waals surface area contributed by atoms with Crippen molar-refractivity contribution in [3.05, 3.63) is 59.7 Å². The van der Waals surface area contributed by atoms with Crippen molar-refractivity contribution in [3.8, 4) is 0 Å². The first-order valence-corrected chi connectivity index (χ1v) is 6.57. The summed E-state index contributed by atoms with van der Waals surface area (Å²) in [4.78, 5) is 21.9. The van der Waals surface area contributed by atoms with Crippen molar-refractivity contribution in [2.75, 3.05) is 6.54 Å². The summed E-state index contributed by atoms with van der Waals surface area (Å²) in [5.74, 6) is -0.0695. The molecule has 2 N–H and O–H groups in total. The Balaban J connectivity index is 2.19. The summed E-state index contributed by atoms with van der Waals surface area (Å²) in [5.41, 5.74) is 8.36. The molecular formula is C15H18N4O. The Bertz CT molecular complexity index is 571. The van der Waals surface area contributed by atoms with Gasteiger partial charge in [-0.1, -0.05) is 24.3 Å². The van der Waals surface area contributed by atoms with Crippen LogP contribution in [0.4, 0.5) is 0 Å². The first kappa shape index (κ1) is 14.1. The van der Waals surface area contributed by atoms with Gasteiger partial charge < -0.3 is 10.6 Å². The van der Waals surface area contributed by atoms with Crippen molar-refractivity contribution in [3.63, 3.8) is 0 Å². The molecule has 2 rings (SSSR count). The summed E-state index contributed by atoms with van der Waals surface area (Å²) in [6.07, 6.45) is 4.48. The smallest absolute Gasteiger partial charge is 0.257 e. The number of rotatable bonds is 5. The average molecular weight is 270 g/mol. The molecule has 1 aromatic heterocycles. The third-order valence-corrected chi connectivity index (χ3v) is 3.18. The van der Waals surface area contributed by atoms with Crippen molar-refractivity contribution in [1.82, 2.24) is 14.9 Å². The van der Waals surface area contributed by atoms with Gasteiger partial charge in [-0.25, -0.2) is 9.97 Å². The number of nitrogens with zero attached hydrogens (tertiary/aromatic N) is 3.